The second-order valence-corrected chi connectivity index (χ2v) is 8.53. The molecule has 5 rings (SSSR count). The summed E-state index contributed by atoms with van der Waals surface area (Å²) in [6.07, 6.45) is 6.37. The van der Waals surface area contributed by atoms with Crippen molar-refractivity contribution in [2.45, 2.75) is 37.9 Å². The Morgan fingerprint density at radius 2 is 1.94 bits per heavy atom. The van der Waals surface area contributed by atoms with E-state index in [1.807, 2.05) is 17.2 Å². The molecule has 0 bridgehead atoms. The number of hydrogen-bond donors (Lipinski definition) is 2. The van der Waals surface area contributed by atoms with Crippen molar-refractivity contribution in [2.75, 3.05) is 25.0 Å². The molecule has 2 N–H and O–H groups in total. The van der Waals surface area contributed by atoms with Gasteiger partial charge in [0.25, 0.3) is 0 Å². The van der Waals surface area contributed by atoms with E-state index in [4.69, 9.17) is 5.11 Å². The van der Waals surface area contributed by atoms with Crippen LogP contribution in [0.25, 0.3) is 11.0 Å². The number of carbonyl (C=O) groups excluding carboxylic acids is 1. The van der Waals surface area contributed by atoms with Crippen LogP contribution in [-0.4, -0.2) is 74.1 Å². The van der Waals surface area contributed by atoms with Crippen molar-refractivity contribution in [3.8, 4) is 0 Å². The predicted molar refractivity (Wildman–Crippen MR) is 120 cm³/mol. The molecule has 9 nitrogen and oxygen atoms in total. The Kier molecular flexibility index (Phi) is 5.16. The number of anilines is 1. The molecule has 32 heavy (non-hydrogen) atoms. The third-order valence-corrected chi connectivity index (χ3v) is 6.61. The highest BCUT2D eigenvalue weighted by Gasteiger charge is 2.43. The number of carboxylic acid groups (broad SMARTS) is 1. The van der Waals surface area contributed by atoms with E-state index < -0.39 is 5.97 Å². The fraction of sp³-hybridized carbons (Fsp3) is 0.391. The molecule has 3 aromatic rings. The van der Waals surface area contributed by atoms with Crippen LogP contribution in [0.4, 0.5) is 10.6 Å². The van der Waals surface area contributed by atoms with E-state index in [1.54, 1.807) is 42.5 Å². The summed E-state index contributed by atoms with van der Waals surface area (Å²) in [6.45, 7) is 2.04. The summed E-state index contributed by atoms with van der Waals surface area (Å²) in [4.78, 5) is 42.5. The van der Waals surface area contributed by atoms with E-state index in [0.717, 1.165) is 54.8 Å². The van der Waals surface area contributed by atoms with Gasteiger partial charge in [-0.25, -0.2) is 19.6 Å². The average molecular weight is 435 g/mol. The molecule has 2 atom stereocenters. The number of urea groups is 1. The van der Waals surface area contributed by atoms with Crippen LogP contribution in [0.3, 0.4) is 0 Å². The Balaban J connectivity index is 1.31. The maximum Gasteiger partial charge on any atom is 0.335 e. The van der Waals surface area contributed by atoms with Gasteiger partial charge in [-0.1, -0.05) is 12.1 Å². The van der Waals surface area contributed by atoms with E-state index >= 15 is 0 Å². The van der Waals surface area contributed by atoms with Gasteiger partial charge in [-0.15, -0.1) is 0 Å². The Morgan fingerprint density at radius 3 is 2.72 bits per heavy atom. The zero-order chi connectivity index (χ0) is 22.2. The smallest absolute Gasteiger partial charge is 0.335 e. The van der Waals surface area contributed by atoms with Gasteiger partial charge in [0, 0.05) is 32.9 Å². The monoisotopic (exact) mass is 434 g/mol. The molecule has 9 heteroatoms. The Bertz CT molecular complexity index is 1140. The number of carboxylic acids is 1. The Morgan fingerprint density at radius 1 is 1.12 bits per heavy atom. The van der Waals surface area contributed by atoms with E-state index in [1.165, 1.54) is 0 Å². The van der Waals surface area contributed by atoms with Crippen LogP contribution in [-0.2, 0) is 6.54 Å². The van der Waals surface area contributed by atoms with Crippen LogP contribution in [0, 0.1) is 0 Å². The number of amides is 2. The van der Waals surface area contributed by atoms with Gasteiger partial charge < -0.3 is 24.8 Å². The lowest BCUT2D eigenvalue weighted by Crippen LogP contribution is -2.55. The normalized spacial score (nSPS) is 20.4. The van der Waals surface area contributed by atoms with Crippen molar-refractivity contribution in [1.29, 1.82) is 0 Å². The van der Waals surface area contributed by atoms with Crippen LogP contribution in [0.15, 0.2) is 42.9 Å². The molecule has 0 aliphatic carbocycles. The summed E-state index contributed by atoms with van der Waals surface area (Å²) >= 11 is 0. The number of aromatic nitrogens is 3. The number of fused-ring (bicyclic) bond motifs is 2. The molecule has 2 aliphatic rings. The first-order valence-electron chi connectivity index (χ1n) is 10.9. The highest BCUT2D eigenvalue weighted by molar-refractivity contribution is 5.88. The Labute approximate surface area is 185 Å². The summed E-state index contributed by atoms with van der Waals surface area (Å²) in [6, 6.07) is 9.09. The molecule has 1 aromatic carbocycles. The van der Waals surface area contributed by atoms with Crippen molar-refractivity contribution >= 4 is 28.9 Å². The van der Waals surface area contributed by atoms with Crippen LogP contribution in [0.1, 0.15) is 35.2 Å². The van der Waals surface area contributed by atoms with Crippen molar-refractivity contribution in [1.82, 2.24) is 24.8 Å². The molecule has 2 fully saturated rings. The van der Waals surface area contributed by atoms with Gasteiger partial charge in [0.1, 0.15) is 17.8 Å². The minimum atomic E-state index is -0.952. The summed E-state index contributed by atoms with van der Waals surface area (Å²) < 4.78 is 0. The van der Waals surface area contributed by atoms with Crippen molar-refractivity contribution in [3.05, 3.63) is 54.0 Å². The number of aromatic carboxylic acids is 1. The number of likely N-dealkylation sites (tertiary alicyclic amines) is 1. The number of nitrogens with zero attached hydrogens (tertiary/aromatic N) is 5. The van der Waals surface area contributed by atoms with Gasteiger partial charge >= 0.3 is 12.0 Å². The number of rotatable bonds is 4. The number of carbonyl (C=O) groups is 2. The lowest BCUT2D eigenvalue weighted by molar-refractivity contribution is 0.0696. The summed E-state index contributed by atoms with van der Waals surface area (Å²) in [5.74, 6) is -0.0170. The van der Waals surface area contributed by atoms with Crippen LogP contribution in [0.2, 0.25) is 0 Å². The summed E-state index contributed by atoms with van der Waals surface area (Å²) in [7, 11) is 1.80. The second kappa shape index (κ2) is 8.14. The molecule has 4 heterocycles. The third-order valence-electron chi connectivity index (χ3n) is 6.61. The molecule has 0 radical (unpaired) electrons. The maximum atomic E-state index is 13.3. The van der Waals surface area contributed by atoms with E-state index in [9.17, 15) is 9.59 Å². The molecule has 2 aromatic heterocycles. The fourth-order valence-corrected chi connectivity index (χ4v) is 5.09. The third kappa shape index (κ3) is 3.53. The summed E-state index contributed by atoms with van der Waals surface area (Å²) in [5, 5.41) is 10.1. The van der Waals surface area contributed by atoms with Crippen LogP contribution in [0.5, 0.6) is 0 Å². The number of nitrogens with one attached hydrogen (secondary N) is 1. The van der Waals surface area contributed by atoms with Gasteiger partial charge in [0.15, 0.2) is 0 Å². The zero-order valence-corrected chi connectivity index (χ0v) is 17.9. The highest BCUT2D eigenvalue weighted by Crippen LogP contribution is 2.36. The quantitative estimate of drug-likeness (QED) is 0.654. The average Bonchev–Trinajstić information content (AvgIpc) is 3.45. The lowest BCUT2D eigenvalue weighted by Gasteiger charge is -2.41. The van der Waals surface area contributed by atoms with E-state index in [2.05, 4.69) is 19.9 Å². The van der Waals surface area contributed by atoms with Crippen LogP contribution >= 0.6 is 0 Å². The molecule has 2 saturated heterocycles. The molecule has 2 aliphatic heterocycles. The second-order valence-electron chi connectivity index (χ2n) is 8.53. The SMILES string of the molecule is CN(Cc1ccc(C(=O)O)cc1)C(=O)N1CCC[C@@H]2[C@H]1CCN2c1ncnc2[nH]ccc12. The molecule has 0 saturated carbocycles. The van der Waals surface area contributed by atoms with E-state index in [-0.39, 0.29) is 23.7 Å². The lowest BCUT2D eigenvalue weighted by atomic mass is 9.97. The van der Waals surface area contributed by atoms with Gasteiger partial charge in [0.2, 0.25) is 0 Å². The molecule has 166 valence electrons. The van der Waals surface area contributed by atoms with Crippen molar-refractivity contribution in [3.63, 3.8) is 0 Å². The van der Waals surface area contributed by atoms with Crippen LogP contribution < -0.4 is 4.90 Å². The number of piperidine rings is 1. The minimum absolute atomic E-state index is 0.0124. The fourth-order valence-electron chi connectivity index (χ4n) is 5.09. The molecular formula is C23H26N6O3. The van der Waals surface area contributed by atoms with Gasteiger partial charge in [0.05, 0.1) is 23.0 Å². The van der Waals surface area contributed by atoms with Gasteiger partial charge in [-0.3, -0.25) is 0 Å². The first-order chi connectivity index (χ1) is 15.5. The van der Waals surface area contributed by atoms with Crippen molar-refractivity contribution < 1.29 is 14.7 Å². The first kappa shape index (κ1) is 20.3. The number of H-pyrrole nitrogens is 1. The molecule has 0 unspecified atom stereocenters. The largest absolute Gasteiger partial charge is 0.478 e. The summed E-state index contributed by atoms with van der Waals surface area (Å²) in [5.41, 5.74) is 1.98. The maximum absolute atomic E-state index is 13.3. The van der Waals surface area contributed by atoms with Gasteiger partial charge in [-0.2, -0.15) is 0 Å². The topological polar surface area (TPSA) is 106 Å². The molecule has 0 spiro atoms. The zero-order valence-electron chi connectivity index (χ0n) is 17.9. The molecular weight excluding hydrogens is 408 g/mol. The predicted octanol–water partition coefficient (Wildman–Crippen LogP) is 2.95. The molecule has 2 amide bonds. The standard InChI is InChI=1S/C23H26N6O3/c1-27(13-15-4-6-16(7-5-15)22(30)31)23(32)29-11-2-3-18-19(29)9-12-28(18)21-17-8-10-24-20(17)25-14-26-21/h4-8,10,14,18-19H,2-3,9,11-13H2,1H3,(H,30,31)(H,24,25,26)/t18-,19-/m1/s1. The number of aromatic amines is 1. The van der Waals surface area contributed by atoms with Crippen molar-refractivity contribution in [2.24, 2.45) is 0 Å². The van der Waals surface area contributed by atoms with Gasteiger partial charge in [-0.05, 0) is 43.0 Å². The first-order valence-corrected chi connectivity index (χ1v) is 10.9. The number of hydrogen-bond acceptors (Lipinski definition) is 5. The number of benzene rings is 1. The van der Waals surface area contributed by atoms with E-state index in [0.29, 0.717) is 6.54 Å². The highest BCUT2D eigenvalue weighted by atomic mass is 16.4. The minimum Gasteiger partial charge on any atom is -0.478 e. The Hall–Kier alpha value is -3.62.